The molecule has 0 unspecified atom stereocenters. The Morgan fingerprint density at radius 1 is 1.00 bits per heavy atom. The van der Waals surface area contributed by atoms with Gasteiger partial charge in [-0.3, -0.25) is 9.78 Å². The van der Waals surface area contributed by atoms with Crippen LogP contribution >= 0.6 is 11.6 Å². The topological polar surface area (TPSA) is 79.2 Å². The van der Waals surface area contributed by atoms with Crippen LogP contribution in [0.4, 0.5) is 0 Å². The second-order valence-corrected chi connectivity index (χ2v) is 9.82. The highest BCUT2D eigenvalue weighted by Gasteiger charge is 2.19. The van der Waals surface area contributed by atoms with Crippen molar-refractivity contribution in [3.8, 4) is 17.0 Å². The summed E-state index contributed by atoms with van der Waals surface area (Å²) in [6, 6.07) is 19.1. The van der Waals surface area contributed by atoms with E-state index in [0.717, 1.165) is 53.2 Å². The molecule has 0 saturated heterocycles. The van der Waals surface area contributed by atoms with Gasteiger partial charge in [0.25, 0.3) is 5.91 Å². The highest BCUT2D eigenvalue weighted by atomic mass is 35.5. The first-order chi connectivity index (χ1) is 17.8. The molecular formula is C30H31ClN4O2. The van der Waals surface area contributed by atoms with Gasteiger partial charge in [0.2, 0.25) is 0 Å². The van der Waals surface area contributed by atoms with Gasteiger partial charge in [-0.1, -0.05) is 35.9 Å². The van der Waals surface area contributed by atoms with E-state index in [-0.39, 0.29) is 17.7 Å². The summed E-state index contributed by atoms with van der Waals surface area (Å²) in [4.78, 5) is 28.6. The third-order valence-corrected chi connectivity index (χ3v) is 6.50. The van der Waals surface area contributed by atoms with Crippen LogP contribution < -0.4 is 0 Å². The highest BCUT2D eigenvalue weighted by molar-refractivity contribution is 6.32. The van der Waals surface area contributed by atoms with Gasteiger partial charge in [0.1, 0.15) is 11.6 Å². The molecule has 1 N–H and O–H groups in total. The third kappa shape index (κ3) is 6.92. The number of amides is 1. The van der Waals surface area contributed by atoms with Crippen LogP contribution in [0, 0.1) is 6.92 Å². The SMILES string of the molecule is Cc1ccc(C(=O)N(Cc2cccc(-c3ccnc(CCCc4ccc(O)c(Cl)c4)n3)c2)C(C)C)cn1. The Morgan fingerprint density at radius 2 is 1.84 bits per heavy atom. The Balaban J connectivity index is 1.45. The average molecular weight is 515 g/mol. The number of benzene rings is 2. The molecule has 2 aromatic heterocycles. The molecule has 4 rings (SSSR count). The number of phenols is 1. The van der Waals surface area contributed by atoms with Crippen molar-refractivity contribution in [2.75, 3.05) is 0 Å². The maximum atomic E-state index is 13.2. The van der Waals surface area contributed by atoms with E-state index in [1.165, 1.54) is 0 Å². The van der Waals surface area contributed by atoms with Crippen molar-refractivity contribution in [2.24, 2.45) is 0 Å². The number of halogens is 1. The maximum absolute atomic E-state index is 13.2. The number of hydrogen-bond donors (Lipinski definition) is 1. The molecule has 37 heavy (non-hydrogen) atoms. The lowest BCUT2D eigenvalue weighted by molar-refractivity contribution is 0.0690. The first-order valence-corrected chi connectivity index (χ1v) is 12.8. The summed E-state index contributed by atoms with van der Waals surface area (Å²) in [6.45, 7) is 6.44. The Kier molecular flexibility index (Phi) is 8.51. The van der Waals surface area contributed by atoms with Crippen LogP contribution in [0.3, 0.4) is 0 Å². The normalized spacial score (nSPS) is 11.1. The molecule has 7 heteroatoms. The van der Waals surface area contributed by atoms with Crippen LogP contribution in [0.5, 0.6) is 5.75 Å². The van der Waals surface area contributed by atoms with E-state index in [4.69, 9.17) is 16.6 Å². The minimum Gasteiger partial charge on any atom is -0.506 e. The number of rotatable bonds is 9. The van der Waals surface area contributed by atoms with E-state index in [9.17, 15) is 9.90 Å². The maximum Gasteiger partial charge on any atom is 0.255 e. The van der Waals surface area contributed by atoms with Gasteiger partial charge in [0, 0.05) is 42.7 Å². The van der Waals surface area contributed by atoms with Gasteiger partial charge in [-0.25, -0.2) is 9.97 Å². The van der Waals surface area contributed by atoms with Crippen LogP contribution in [-0.4, -0.2) is 36.9 Å². The number of aromatic hydroxyl groups is 1. The van der Waals surface area contributed by atoms with Crippen molar-refractivity contribution < 1.29 is 9.90 Å². The van der Waals surface area contributed by atoms with Crippen molar-refractivity contribution in [1.29, 1.82) is 0 Å². The minimum absolute atomic E-state index is 0.0339. The molecule has 6 nitrogen and oxygen atoms in total. The number of pyridine rings is 1. The lowest BCUT2D eigenvalue weighted by Crippen LogP contribution is -2.36. The first-order valence-electron chi connectivity index (χ1n) is 12.4. The third-order valence-electron chi connectivity index (χ3n) is 6.20. The van der Waals surface area contributed by atoms with Gasteiger partial charge in [0.15, 0.2) is 0 Å². The number of aryl methyl sites for hydroxylation is 3. The number of hydrogen-bond acceptors (Lipinski definition) is 5. The van der Waals surface area contributed by atoms with E-state index < -0.39 is 0 Å². The van der Waals surface area contributed by atoms with Crippen molar-refractivity contribution in [3.05, 3.63) is 106 Å². The van der Waals surface area contributed by atoms with Crippen LogP contribution in [-0.2, 0) is 19.4 Å². The van der Waals surface area contributed by atoms with Crippen LogP contribution in [0.1, 0.15) is 53.3 Å². The smallest absolute Gasteiger partial charge is 0.255 e. The Labute approximate surface area is 223 Å². The largest absolute Gasteiger partial charge is 0.506 e. The van der Waals surface area contributed by atoms with Crippen LogP contribution in [0.15, 0.2) is 73.1 Å². The molecule has 0 fully saturated rings. The van der Waals surface area contributed by atoms with E-state index >= 15 is 0 Å². The summed E-state index contributed by atoms with van der Waals surface area (Å²) >= 11 is 6.01. The molecule has 0 saturated carbocycles. The fourth-order valence-corrected chi connectivity index (χ4v) is 4.31. The second kappa shape index (κ2) is 12.0. The molecular weight excluding hydrogens is 484 g/mol. The van der Waals surface area contributed by atoms with E-state index in [2.05, 4.69) is 16.0 Å². The Hall–Kier alpha value is -3.77. The molecule has 4 aromatic rings. The summed E-state index contributed by atoms with van der Waals surface area (Å²) in [6.07, 6.45) is 5.84. The molecule has 190 valence electrons. The first kappa shape index (κ1) is 26.3. The molecule has 0 atom stereocenters. The molecule has 0 bridgehead atoms. The Bertz CT molecular complexity index is 1370. The van der Waals surface area contributed by atoms with Gasteiger partial charge >= 0.3 is 0 Å². The number of nitrogens with zero attached hydrogens (tertiary/aromatic N) is 4. The predicted octanol–water partition coefficient (Wildman–Crippen LogP) is 6.43. The zero-order valence-electron chi connectivity index (χ0n) is 21.4. The summed E-state index contributed by atoms with van der Waals surface area (Å²) in [5.74, 6) is 0.836. The lowest BCUT2D eigenvalue weighted by atomic mass is 10.1. The molecule has 2 heterocycles. The van der Waals surface area contributed by atoms with Crippen molar-refractivity contribution >= 4 is 17.5 Å². The minimum atomic E-state index is -0.0351. The van der Waals surface area contributed by atoms with E-state index in [0.29, 0.717) is 17.1 Å². The molecule has 0 spiro atoms. The van der Waals surface area contributed by atoms with Gasteiger partial charge < -0.3 is 10.0 Å². The molecule has 2 aromatic carbocycles. The fraction of sp³-hybridized carbons (Fsp3) is 0.267. The zero-order valence-corrected chi connectivity index (χ0v) is 22.1. The van der Waals surface area contributed by atoms with Crippen LogP contribution in [0.25, 0.3) is 11.3 Å². The molecule has 1 amide bonds. The highest BCUT2D eigenvalue weighted by Crippen LogP contribution is 2.25. The van der Waals surface area contributed by atoms with Gasteiger partial charge in [-0.15, -0.1) is 0 Å². The van der Waals surface area contributed by atoms with E-state index in [1.54, 1.807) is 24.5 Å². The van der Waals surface area contributed by atoms with Crippen molar-refractivity contribution in [3.63, 3.8) is 0 Å². The van der Waals surface area contributed by atoms with Gasteiger partial charge in [0.05, 0.1) is 16.3 Å². The van der Waals surface area contributed by atoms with E-state index in [1.807, 2.05) is 68.1 Å². The number of phenolic OH excluding ortho intramolecular Hbond substituents is 1. The standard InChI is InChI=1S/C30H31ClN4O2/c1-20(2)35(30(37)25-12-10-21(3)33-18-25)19-23-7-4-8-24(16-23)27-14-15-32-29(34-27)9-5-6-22-11-13-28(36)26(31)17-22/h4,7-8,10-18,20,36H,5-6,9,19H2,1-3H3. The summed E-state index contributed by atoms with van der Waals surface area (Å²) < 4.78 is 0. The number of aromatic nitrogens is 3. The van der Waals surface area contributed by atoms with Gasteiger partial charge in [-0.05, 0) is 81.1 Å². The molecule has 0 aliphatic rings. The van der Waals surface area contributed by atoms with Gasteiger partial charge in [-0.2, -0.15) is 0 Å². The second-order valence-electron chi connectivity index (χ2n) is 9.41. The lowest BCUT2D eigenvalue weighted by Gasteiger charge is -2.27. The molecule has 0 radical (unpaired) electrons. The monoisotopic (exact) mass is 514 g/mol. The molecule has 0 aliphatic carbocycles. The predicted molar refractivity (Wildman–Crippen MR) is 147 cm³/mol. The number of carbonyl (C=O) groups is 1. The Morgan fingerprint density at radius 3 is 2.57 bits per heavy atom. The zero-order chi connectivity index (χ0) is 26.4. The summed E-state index contributed by atoms with van der Waals surface area (Å²) in [5.41, 5.74) is 5.41. The number of carbonyl (C=O) groups excluding carboxylic acids is 1. The van der Waals surface area contributed by atoms with Crippen molar-refractivity contribution in [2.45, 2.75) is 52.6 Å². The summed E-state index contributed by atoms with van der Waals surface area (Å²) in [5, 5.41) is 9.96. The fourth-order valence-electron chi connectivity index (χ4n) is 4.11. The summed E-state index contributed by atoms with van der Waals surface area (Å²) in [7, 11) is 0. The average Bonchev–Trinajstić information content (AvgIpc) is 2.89. The quantitative estimate of drug-likeness (QED) is 0.278. The molecule has 0 aliphatic heterocycles. The van der Waals surface area contributed by atoms with Crippen molar-refractivity contribution in [1.82, 2.24) is 19.9 Å². The van der Waals surface area contributed by atoms with Crippen LogP contribution in [0.2, 0.25) is 5.02 Å².